The number of aldehydes is 1. The molecule has 3 aromatic heterocycles. The van der Waals surface area contributed by atoms with Gasteiger partial charge in [-0.3, -0.25) is 14.4 Å². The number of aromatic hydroxyl groups is 2. The second-order valence-electron chi connectivity index (χ2n) is 13.5. The molecule has 0 saturated carbocycles. The molecule has 2 unspecified atom stereocenters. The van der Waals surface area contributed by atoms with E-state index in [0.717, 1.165) is 62.5 Å². The summed E-state index contributed by atoms with van der Waals surface area (Å²) in [6, 6.07) is 32.9. The van der Waals surface area contributed by atoms with Gasteiger partial charge < -0.3 is 41.1 Å². The van der Waals surface area contributed by atoms with E-state index in [9.17, 15) is 24.6 Å². The van der Waals surface area contributed by atoms with Crippen LogP contribution in [0.5, 0.6) is 11.5 Å². The van der Waals surface area contributed by atoms with E-state index in [0.29, 0.717) is 28.9 Å². The summed E-state index contributed by atoms with van der Waals surface area (Å²) in [4.78, 5) is 46.0. The van der Waals surface area contributed by atoms with Crippen molar-refractivity contribution in [1.82, 2.24) is 30.9 Å². The van der Waals surface area contributed by atoms with Crippen molar-refractivity contribution in [3.8, 4) is 11.5 Å². The van der Waals surface area contributed by atoms with Crippen molar-refractivity contribution in [3.63, 3.8) is 0 Å². The number of carbonyl (C=O) groups excluding carboxylic acids is 3. The first kappa shape index (κ1) is 32.8. The molecule has 2 amide bonds. The zero-order chi connectivity index (χ0) is 36.9. The van der Waals surface area contributed by atoms with Gasteiger partial charge in [-0.15, -0.1) is 0 Å². The molecule has 0 bridgehead atoms. The van der Waals surface area contributed by atoms with Crippen molar-refractivity contribution in [1.29, 1.82) is 0 Å². The maximum Gasteiger partial charge on any atom is 0.252 e. The highest BCUT2D eigenvalue weighted by atomic mass is 16.3. The average Bonchev–Trinajstić information content (AvgIpc) is 4.00. The zero-order valence-corrected chi connectivity index (χ0v) is 28.7. The fourth-order valence-electron chi connectivity index (χ4n) is 7.83. The lowest BCUT2D eigenvalue weighted by Gasteiger charge is -2.15. The summed E-state index contributed by atoms with van der Waals surface area (Å²) in [6.07, 6.45) is 2.70. The second kappa shape index (κ2) is 13.1. The Morgan fingerprint density at radius 3 is 1.91 bits per heavy atom. The topological polar surface area (TPSA) is 175 Å². The molecule has 10 rings (SSSR count). The fraction of sp³-hybridized carbons (Fsp3) is 0.0930. The minimum atomic E-state index is -0.453. The van der Waals surface area contributed by atoms with Crippen molar-refractivity contribution in [2.75, 3.05) is 0 Å². The van der Waals surface area contributed by atoms with E-state index in [1.54, 1.807) is 30.3 Å². The molecule has 266 valence electrons. The Balaban J connectivity index is 0.000000153. The Morgan fingerprint density at radius 2 is 1.24 bits per heavy atom. The van der Waals surface area contributed by atoms with Crippen LogP contribution in [0.15, 0.2) is 115 Å². The first-order valence-electron chi connectivity index (χ1n) is 17.6. The number of aromatic amines is 3. The van der Waals surface area contributed by atoms with Crippen molar-refractivity contribution >= 4 is 50.8 Å². The van der Waals surface area contributed by atoms with Crippen LogP contribution in [0.25, 0.3) is 32.7 Å². The third-order valence-corrected chi connectivity index (χ3v) is 10.3. The summed E-state index contributed by atoms with van der Waals surface area (Å²) in [5, 5.41) is 32.4. The molecule has 2 aliphatic heterocycles. The predicted molar refractivity (Wildman–Crippen MR) is 206 cm³/mol. The van der Waals surface area contributed by atoms with Crippen LogP contribution < -0.4 is 16.0 Å². The number of phenols is 2. The lowest BCUT2D eigenvalue weighted by Crippen LogP contribution is -2.22. The second-order valence-corrected chi connectivity index (χ2v) is 13.5. The molecule has 8 N–H and O–H groups in total. The van der Waals surface area contributed by atoms with Gasteiger partial charge in [0, 0.05) is 74.6 Å². The Labute approximate surface area is 308 Å². The summed E-state index contributed by atoms with van der Waals surface area (Å²) in [7, 11) is 0. The maximum absolute atomic E-state index is 12.6. The number of H-pyrrole nitrogens is 3. The van der Waals surface area contributed by atoms with Crippen LogP contribution in [-0.4, -0.2) is 43.3 Å². The maximum atomic E-state index is 12.6. The van der Waals surface area contributed by atoms with Crippen LogP contribution in [0, 0.1) is 0 Å². The van der Waals surface area contributed by atoms with Gasteiger partial charge in [-0.1, -0.05) is 48.5 Å². The number of rotatable bonds is 7. The van der Waals surface area contributed by atoms with Gasteiger partial charge in [0.2, 0.25) is 0 Å². The molecule has 11 nitrogen and oxygen atoms in total. The van der Waals surface area contributed by atoms with E-state index in [1.807, 2.05) is 48.7 Å². The van der Waals surface area contributed by atoms with Gasteiger partial charge in [0.05, 0.1) is 17.8 Å². The molecule has 0 saturated heterocycles. The number of phenolic OH excluding ortho intramolecular Hbond substituents is 2. The largest absolute Gasteiger partial charge is 0.508 e. The highest BCUT2D eigenvalue weighted by Gasteiger charge is 2.34. The lowest BCUT2D eigenvalue weighted by atomic mass is 9.95. The quantitative estimate of drug-likeness (QED) is 0.0826. The van der Waals surface area contributed by atoms with Crippen molar-refractivity contribution < 1.29 is 24.6 Å². The van der Waals surface area contributed by atoms with Crippen LogP contribution in [-0.2, 0) is 13.1 Å². The molecule has 54 heavy (non-hydrogen) atoms. The van der Waals surface area contributed by atoms with E-state index in [1.165, 1.54) is 17.0 Å². The molecule has 0 radical (unpaired) electrons. The van der Waals surface area contributed by atoms with Gasteiger partial charge >= 0.3 is 0 Å². The summed E-state index contributed by atoms with van der Waals surface area (Å²) in [6.45, 7) is 1.34. The van der Waals surface area contributed by atoms with Gasteiger partial charge in [-0.05, 0) is 82.7 Å². The molecule has 0 aliphatic carbocycles. The van der Waals surface area contributed by atoms with Crippen LogP contribution in [0.2, 0.25) is 0 Å². The number of hydrogen-bond acceptors (Lipinski definition) is 6. The minimum Gasteiger partial charge on any atom is -0.508 e. The van der Waals surface area contributed by atoms with Crippen molar-refractivity contribution in [3.05, 3.63) is 166 Å². The van der Waals surface area contributed by atoms with E-state index in [-0.39, 0.29) is 29.4 Å². The first-order chi connectivity index (χ1) is 26.4. The predicted octanol–water partition coefficient (Wildman–Crippen LogP) is 7.00. The minimum absolute atomic E-state index is 0.0905. The van der Waals surface area contributed by atoms with Gasteiger partial charge in [-0.25, -0.2) is 0 Å². The molecular formula is C43H34N6O5. The summed E-state index contributed by atoms with van der Waals surface area (Å²) in [5.41, 5.74) is 10.0. The average molecular weight is 715 g/mol. The highest BCUT2D eigenvalue weighted by molar-refractivity contribution is 6.03. The number of hydrogen-bond donors (Lipinski definition) is 8. The molecule has 0 spiro atoms. The molecule has 11 heteroatoms. The molecule has 2 aliphatic rings. The van der Waals surface area contributed by atoms with Crippen LogP contribution in [0.1, 0.15) is 76.8 Å². The van der Waals surface area contributed by atoms with Crippen LogP contribution >= 0.6 is 0 Å². The Bertz CT molecular complexity index is 2780. The lowest BCUT2D eigenvalue weighted by molar-refractivity contribution is 0.0952. The first-order valence-corrected chi connectivity index (χ1v) is 17.6. The number of aromatic nitrogens is 3. The summed E-state index contributed by atoms with van der Waals surface area (Å²) < 4.78 is 0. The molecular weight excluding hydrogens is 681 g/mol. The Kier molecular flexibility index (Phi) is 7.98. The smallest absolute Gasteiger partial charge is 0.252 e. The summed E-state index contributed by atoms with van der Waals surface area (Å²) in [5.74, 6) is -0.0761. The zero-order valence-electron chi connectivity index (χ0n) is 28.7. The Hall–Kier alpha value is -7.11. The molecule has 0 fully saturated rings. The van der Waals surface area contributed by atoms with E-state index in [4.69, 9.17) is 0 Å². The van der Waals surface area contributed by atoms with Gasteiger partial charge in [0.1, 0.15) is 11.5 Å². The van der Waals surface area contributed by atoms with Gasteiger partial charge in [-0.2, -0.15) is 0 Å². The standard InChI is InChI=1S/C26H22N4O2.C17H12N2O3/c31-17-7-8-18-20(12-17)25(30-26(18)32)24-19-3-1-2-4-21(19)29-23(24)14-27-13-15-5-6-16-9-10-28-22(16)11-15;20-8-14-15(11-3-1-2-4-13(11)18-14)16-12-7-9(21)5-6-10(12)17(22)19-16/h1-12,25,27-29,31H,13-14H2,(H,30,32);1-8,16,18,21H,(H,19,22). The number of nitrogens with one attached hydrogen (secondary N) is 6. The van der Waals surface area contributed by atoms with Crippen molar-refractivity contribution in [2.45, 2.75) is 25.2 Å². The number of fused-ring (bicyclic) bond motifs is 5. The van der Waals surface area contributed by atoms with Gasteiger partial charge in [0.25, 0.3) is 11.8 Å². The number of benzene rings is 5. The Morgan fingerprint density at radius 1 is 0.630 bits per heavy atom. The third kappa shape index (κ3) is 5.63. The molecule has 5 aromatic carbocycles. The summed E-state index contributed by atoms with van der Waals surface area (Å²) >= 11 is 0. The van der Waals surface area contributed by atoms with E-state index < -0.39 is 6.04 Å². The SMILES string of the molecule is O=C1NC(c2c(CNCc3ccc4cc[nH]c4c3)[nH]c3ccccc23)c2cc(O)ccc21.O=Cc1[nH]c2ccccc2c1C1NC(=O)c2ccc(O)cc21. The van der Waals surface area contributed by atoms with E-state index >= 15 is 0 Å². The fourth-order valence-corrected chi connectivity index (χ4v) is 7.83. The van der Waals surface area contributed by atoms with E-state index in [2.05, 4.69) is 61.2 Å². The molecule has 5 heterocycles. The monoisotopic (exact) mass is 714 g/mol. The molecule has 2 atom stereocenters. The molecule has 8 aromatic rings. The van der Waals surface area contributed by atoms with Crippen LogP contribution in [0.3, 0.4) is 0 Å². The number of para-hydroxylation sites is 2. The van der Waals surface area contributed by atoms with Crippen LogP contribution in [0.4, 0.5) is 0 Å². The number of amides is 2. The number of carbonyl (C=O) groups is 3. The van der Waals surface area contributed by atoms with Gasteiger partial charge in [0.15, 0.2) is 6.29 Å². The highest BCUT2D eigenvalue weighted by Crippen LogP contribution is 2.40. The van der Waals surface area contributed by atoms with Crippen molar-refractivity contribution in [2.24, 2.45) is 0 Å². The third-order valence-electron chi connectivity index (χ3n) is 10.3. The normalized spacial score (nSPS) is 15.9.